The van der Waals surface area contributed by atoms with Crippen molar-refractivity contribution >= 4 is 15.9 Å². The molecule has 0 N–H and O–H groups in total. The zero-order valence-corrected chi connectivity index (χ0v) is 18.8. The first-order chi connectivity index (χ1) is 13.1. The first-order valence-corrected chi connectivity index (χ1v) is 11.5. The molecule has 1 aliphatic rings. The smallest absolute Gasteiger partial charge is 0.246 e. The molecule has 0 radical (unpaired) electrons. The molecule has 1 aromatic rings. The summed E-state index contributed by atoms with van der Waals surface area (Å²) in [7, 11) is -3.66. The molecule has 2 heterocycles. The van der Waals surface area contributed by atoms with Crippen LogP contribution in [0.1, 0.15) is 51.9 Å². The molecule has 0 unspecified atom stereocenters. The summed E-state index contributed by atoms with van der Waals surface area (Å²) in [6, 6.07) is 0.243. The highest BCUT2D eigenvalue weighted by atomic mass is 32.2. The second kappa shape index (κ2) is 9.37. The minimum atomic E-state index is -3.66. The summed E-state index contributed by atoms with van der Waals surface area (Å²) in [5.74, 6) is -0.0374. The Morgan fingerprint density at radius 2 is 1.68 bits per heavy atom. The van der Waals surface area contributed by atoms with Crippen LogP contribution in [0.25, 0.3) is 0 Å². The van der Waals surface area contributed by atoms with Gasteiger partial charge < -0.3 is 9.64 Å². The summed E-state index contributed by atoms with van der Waals surface area (Å²) in [5, 5.41) is 4.40. The Labute approximate surface area is 168 Å². The highest BCUT2D eigenvalue weighted by molar-refractivity contribution is 7.89. The molecule has 1 aliphatic heterocycles. The van der Waals surface area contributed by atoms with Crippen LogP contribution in [-0.4, -0.2) is 71.7 Å². The summed E-state index contributed by atoms with van der Waals surface area (Å²) in [4.78, 5) is 15.1. The van der Waals surface area contributed by atoms with Crippen molar-refractivity contribution in [1.29, 1.82) is 0 Å². The molecule has 28 heavy (non-hydrogen) atoms. The minimum absolute atomic E-state index is 0.0374. The molecule has 8 nitrogen and oxygen atoms in total. The Morgan fingerprint density at radius 3 is 2.18 bits per heavy atom. The van der Waals surface area contributed by atoms with E-state index in [2.05, 4.69) is 18.9 Å². The topological polar surface area (TPSA) is 84.7 Å². The Hall–Kier alpha value is -1.45. The average Bonchev–Trinajstić information content (AvgIpc) is 2.95. The lowest BCUT2D eigenvalue weighted by molar-refractivity contribution is -0.136. The first-order valence-electron chi connectivity index (χ1n) is 10.1. The van der Waals surface area contributed by atoms with E-state index in [1.165, 1.54) is 8.99 Å². The van der Waals surface area contributed by atoms with Crippen molar-refractivity contribution in [2.24, 2.45) is 0 Å². The number of sulfonamides is 1. The Morgan fingerprint density at radius 1 is 1.14 bits per heavy atom. The third kappa shape index (κ3) is 4.58. The second-order valence-electron chi connectivity index (χ2n) is 7.49. The van der Waals surface area contributed by atoms with Crippen molar-refractivity contribution < 1.29 is 17.9 Å². The molecule has 1 saturated heterocycles. The van der Waals surface area contributed by atoms with Crippen LogP contribution < -0.4 is 0 Å². The van der Waals surface area contributed by atoms with E-state index in [9.17, 15) is 13.2 Å². The van der Waals surface area contributed by atoms with E-state index in [1.807, 2.05) is 18.7 Å². The number of amides is 1. The van der Waals surface area contributed by atoms with Gasteiger partial charge in [0.25, 0.3) is 0 Å². The highest BCUT2D eigenvalue weighted by Gasteiger charge is 2.33. The van der Waals surface area contributed by atoms with Crippen LogP contribution in [0.4, 0.5) is 0 Å². The summed E-state index contributed by atoms with van der Waals surface area (Å²) in [6.07, 6.45) is 1.73. The van der Waals surface area contributed by atoms with Gasteiger partial charge in [0, 0.05) is 25.2 Å². The molecular weight excluding hydrogens is 380 g/mol. The molecule has 160 valence electrons. The molecule has 0 spiro atoms. The molecule has 1 aromatic heterocycles. The molecule has 1 fully saturated rings. The zero-order chi connectivity index (χ0) is 21.1. The maximum atomic E-state index is 13.1. The molecule has 9 heteroatoms. The van der Waals surface area contributed by atoms with Crippen LogP contribution >= 0.6 is 0 Å². The van der Waals surface area contributed by atoms with E-state index in [0.717, 1.165) is 12.8 Å². The summed E-state index contributed by atoms with van der Waals surface area (Å²) in [6.45, 7) is 13.1. The van der Waals surface area contributed by atoms with Crippen LogP contribution in [0.3, 0.4) is 0 Å². The molecule has 0 aliphatic carbocycles. The van der Waals surface area contributed by atoms with Gasteiger partial charge in [0.1, 0.15) is 11.4 Å². The van der Waals surface area contributed by atoms with E-state index in [-0.39, 0.29) is 29.4 Å². The Balaban J connectivity index is 2.31. The molecular formula is C19H34N4O4S. The van der Waals surface area contributed by atoms with Crippen molar-refractivity contribution in [3.8, 4) is 0 Å². The summed E-state index contributed by atoms with van der Waals surface area (Å²) < 4.78 is 34.4. The maximum Gasteiger partial charge on any atom is 0.246 e. The monoisotopic (exact) mass is 414 g/mol. The van der Waals surface area contributed by atoms with Gasteiger partial charge in [-0.1, -0.05) is 13.8 Å². The number of ether oxygens (including phenoxy) is 1. The average molecular weight is 415 g/mol. The van der Waals surface area contributed by atoms with Gasteiger partial charge in [-0.15, -0.1) is 0 Å². The van der Waals surface area contributed by atoms with E-state index in [0.29, 0.717) is 37.7 Å². The van der Waals surface area contributed by atoms with E-state index in [1.54, 1.807) is 13.8 Å². The van der Waals surface area contributed by atoms with Crippen molar-refractivity contribution in [3.05, 3.63) is 11.4 Å². The van der Waals surface area contributed by atoms with Gasteiger partial charge in [-0.3, -0.25) is 9.48 Å². The number of aromatic nitrogens is 2. The quantitative estimate of drug-likeness (QED) is 0.649. The number of carbonyl (C=O) groups is 1. The second-order valence-corrected chi connectivity index (χ2v) is 9.36. The predicted octanol–water partition coefficient (Wildman–Crippen LogP) is 1.95. The SMILES string of the molecule is CC[C@@H](C)N(C(=O)Cn1nc(C)c(S(=O)(=O)N2CCOCC2)c1C)[C@@H](C)CC. The van der Waals surface area contributed by atoms with Crippen molar-refractivity contribution in [2.75, 3.05) is 26.3 Å². The van der Waals surface area contributed by atoms with Gasteiger partial charge in [0.15, 0.2) is 0 Å². The van der Waals surface area contributed by atoms with Gasteiger partial charge in [0.05, 0.1) is 24.6 Å². The van der Waals surface area contributed by atoms with Crippen LogP contribution in [0.5, 0.6) is 0 Å². The van der Waals surface area contributed by atoms with Crippen LogP contribution in [0.15, 0.2) is 4.90 Å². The van der Waals surface area contributed by atoms with Crippen LogP contribution in [-0.2, 0) is 26.1 Å². The third-order valence-electron chi connectivity index (χ3n) is 5.59. The highest BCUT2D eigenvalue weighted by Crippen LogP contribution is 2.24. The molecule has 1 amide bonds. The lowest BCUT2D eigenvalue weighted by atomic mass is 10.1. The Bertz CT molecular complexity index is 774. The largest absolute Gasteiger partial charge is 0.379 e. The molecule has 2 atom stereocenters. The minimum Gasteiger partial charge on any atom is -0.379 e. The van der Waals surface area contributed by atoms with Gasteiger partial charge in [0.2, 0.25) is 15.9 Å². The fraction of sp³-hybridized carbons (Fsp3) is 0.789. The van der Waals surface area contributed by atoms with Gasteiger partial charge in [-0.25, -0.2) is 8.42 Å². The third-order valence-corrected chi connectivity index (χ3v) is 7.74. The molecule has 2 rings (SSSR count). The van der Waals surface area contributed by atoms with E-state index < -0.39 is 10.0 Å². The zero-order valence-electron chi connectivity index (χ0n) is 17.9. The maximum absolute atomic E-state index is 13.1. The number of nitrogens with zero attached hydrogens (tertiary/aromatic N) is 4. The molecule has 0 saturated carbocycles. The standard InChI is InChI=1S/C19H34N4O4S/c1-7-14(3)23(15(4)8-2)18(24)13-22-17(6)19(16(5)20-22)28(25,26)21-9-11-27-12-10-21/h14-15H,7-13H2,1-6H3/t14-,15+. The summed E-state index contributed by atoms with van der Waals surface area (Å²) in [5.41, 5.74) is 0.931. The molecule has 0 aromatic carbocycles. The Kier molecular flexibility index (Phi) is 7.64. The number of aryl methyl sites for hydroxylation is 1. The van der Waals surface area contributed by atoms with Gasteiger partial charge >= 0.3 is 0 Å². The number of hydrogen-bond donors (Lipinski definition) is 0. The van der Waals surface area contributed by atoms with E-state index in [4.69, 9.17) is 4.74 Å². The number of rotatable bonds is 8. The fourth-order valence-electron chi connectivity index (χ4n) is 3.65. The first kappa shape index (κ1) is 22.8. The van der Waals surface area contributed by atoms with Crippen LogP contribution in [0, 0.1) is 13.8 Å². The van der Waals surface area contributed by atoms with Crippen molar-refractivity contribution in [1.82, 2.24) is 19.0 Å². The normalized spacial score (nSPS) is 18.1. The fourth-order valence-corrected chi connectivity index (χ4v) is 5.43. The molecule has 0 bridgehead atoms. The van der Waals surface area contributed by atoms with Crippen molar-refractivity contribution in [2.45, 2.75) is 77.9 Å². The number of morpholine rings is 1. The van der Waals surface area contributed by atoms with Gasteiger partial charge in [-0.2, -0.15) is 9.40 Å². The number of carbonyl (C=O) groups excluding carboxylic acids is 1. The van der Waals surface area contributed by atoms with Gasteiger partial charge in [-0.05, 0) is 40.5 Å². The van der Waals surface area contributed by atoms with Crippen LogP contribution in [0.2, 0.25) is 0 Å². The lowest BCUT2D eigenvalue weighted by Crippen LogP contribution is -2.46. The number of hydrogen-bond acceptors (Lipinski definition) is 5. The predicted molar refractivity (Wildman–Crippen MR) is 108 cm³/mol. The summed E-state index contributed by atoms with van der Waals surface area (Å²) >= 11 is 0. The van der Waals surface area contributed by atoms with E-state index >= 15 is 0 Å². The lowest BCUT2D eigenvalue weighted by Gasteiger charge is -2.34. The van der Waals surface area contributed by atoms with Crippen molar-refractivity contribution in [3.63, 3.8) is 0 Å².